The molecule has 1 atom stereocenters. The van der Waals surface area contributed by atoms with Crippen LogP contribution < -0.4 is 14.8 Å². The van der Waals surface area contributed by atoms with Gasteiger partial charge in [0.25, 0.3) is 5.91 Å². The molecule has 2 N–H and O–H groups in total. The van der Waals surface area contributed by atoms with Crippen LogP contribution in [-0.4, -0.2) is 53.4 Å². The highest BCUT2D eigenvalue weighted by atomic mass is 32.2. The first-order chi connectivity index (χ1) is 11.5. The van der Waals surface area contributed by atoms with Crippen LogP contribution in [0.5, 0.6) is 5.75 Å². The first-order valence-corrected chi connectivity index (χ1v) is 9.29. The van der Waals surface area contributed by atoms with Crippen molar-refractivity contribution in [1.82, 2.24) is 4.72 Å². The molecule has 1 saturated heterocycles. The lowest BCUT2D eigenvalue weighted by molar-refractivity contribution is -0.118. The van der Waals surface area contributed by atoms with Gasteiger partial charge < -0.3 is 19.5 Å². The van der Waals surface area contributed by atoms with E-state index in [1.54, 1.807) is 0 Å². The summed E-state index contributed by atoms with van der Waals surface area (Å²) in [6.45, 7) is 1.60. The van der Waals surface area contributed by atoms with Gasteiger partial charge in [0.15, 0.2) is 6.61 Å². The highest BCUT2D eigenvalue weighted by molar-refractivity contribution is 7.89. The lowest BCUT2D eigenvalue weighted by Crippen LogP contribution is -2.29. The Morgan fingerprint density at radius 3 is 3.04 bits per heavy atom. The Balaban J connectivity index is 1.51. The molecule has 2 heterocycles. The lowest BCUT2D eigenvalue weighted by atomic mass is 10.2. The summed E-state index contributed by atoms with van der Waals surface area (Å²) in [4.78, 5) is 11.4. The zero-order valence-corrected chi connectivity index (χ0v) is 13.9. The maximum atomic E-state index is 12.3. The summed E-state index contributed by atoms with van der Waals surface area (Å²) in [7, 11) is -3.68. The number of hydrogen-bond donors (Lipinski definition) is 2. The second kappa shape index (κ2) is 7.47. The number of benzene rings is 1. The van der Waals surface area contributed by atoms with Gasteiger partial charge in [-0.3, -0.25) is 4.79 Å². The number of carbonyl (C=O) groups excluding carboxylic acids is 1. The molecule has 132 valence electrons. The molecule has 0 unspecified atom stereocenters. The van der Waals surface area contributed by atoms with Gasteiger partial charge in [0.1, 0.15) is 5.75 Å². The van der Waals surface area contributed by atoms with Gasteiger partial charge in [-0.05, 0) is 31.0 Å². The van der Waals surface area contributed by atoms with E-state index in [0.29, 0.717) is 18.0 Å². The molecule has 2 aliphatic heterocycles. The minimum atomic E-state index is -3.68. The summed E-state index contributed by atoms with van der Waals surface area (Å²) in [5.41, 5.74) is 0.351. The average Bonchev–Trinajstić information content (AvgIpc) is 3.07. The number of fused-ring (bicyclic) bond motifs is 1. The van der Waals surface area contributed by atoms with E-state index in [2.05, 4.69) is 10.0 Å². The van der Waals surface area contributed by atoms with E-state index >= 15 is 0 Å². The molecule has 9 heteroatoms. The predicted octanol–water partition coefficient (Wildman–Crippen LogP) is 0.491. The molecule has 1 amide bonds. The van der Waals surface area contributed by atoms with Crippen molar-refractivity contribution in [3.63, 3.8) is 0 Å². The van der Waals surface area contributed by atoms with E-state index in [1.807, 2.05) is 0 Å². The molecule has 1 fully saturated rings. The summed E-state index contributed by atoms with van der Waals surface area (Å²) >= 11 is 0. The molecular formula is C15H20N2O6S. The SMILES string of the molecule is O=C1COc2ccc(S(=O)(=O)NCCOC[C@@H]3CCCO3)cc2N1. The van der Waals surface area contributed by atoms with Crippen LogP contribution in [0.25, 0.3) is 0 Å². The molecule has 0 saturated carbocycles. The van der Waals surface area contributed by atoms with E-state index in [-0.39, 0.29) is 36.7 Å². The number of sulfonamides is 1. The van der Waals surface area contributed by atoms with Gasteiger partial charge in [-0.25, -0.2) is 13.1 Å². The second-order valence-corrected chi connectivity index (χ2v) is 7.37. The number of anilines is 1. The van der Waals surface area contributed by atoms with Gasteiger partial charge in [-0.1, -0.05) is 0 Å². The molecular weight excluding hydrogens is 336 g/mol. The van der Waals surface area contributed by atoms with Crippen LogP contribution in [0, 0.1) is 0 Å². The highest BCUT2D eigenvalue weighted by Gasteiger charge is 2.21. The van der Waals surface area contributed by atoms with Crippen molar-refractivity contribution >= 4 is 21.6 Å². The van der Waals surface area contributed by atoms with Gasteiger partial charge in [0.2, 0.25) is 10.0 Å². The third kappa shape index (κ3) is 4.23. The van der Waals surface area contributed by atoms with Crippen LogP contribution in [0.15, 0.2) is 23.1 Å². The fourth-order valence-corrected chi connectivity index (χ4v) is 3.59. The molecule has 1 aromatic rings. The standard InChI is InChI=1S/C15H20N2O6S/c18-15-10-23-14-4-3-12(8-13(14)17-15)24(19,20)16-5-7-21-9-11-2-1-6-22-11/h3-4,8,11,16H,1-2,5-7,9-10H2,(H,17,18)/t11-/m0/s1. The largest absolute Gasteiger partial charge is 0.482 e. The van der Waals surface area contributed by atoms with Crippen molar-refractivity contribution in [3.05, 3.63) is 18.2 Å². The zero-order valence-electron chi connectivity index (χ0n) is 13.1. The van der Waals surface area contributed by atoms with Crippen LogP contribution in [-0.2, 0) is 24.3 Å². The topological polar surface area (TPSA) is 103 Å². The van der Waals surface area contributed by atoms with Crippen LogP contribution in [0.3, 0.4) is 0 Å². The Morgan fingerprint density at radius 2 is 2.25 bits per heavy atom. The monoisotopic (exact) mass is 356 g/mol. The van der Waals surface area contributed by atoms with Gasteiger partial charge >= 0.3 is 0 Å². The Kier molecular flexibility index (Phi) is 5.34. The van der Waals surface area contributed by atoms with Crippen molar-refractivity contribution in [2.45, 2.75) is 23.8 Å². The van der Waals surface area contributed by atoms with Crippen LogP contribution >= 0.6 is 0 Å². The van der Waals surface area contributed by atoms with Crippen molar-refractivity contribution < 1.29 is 27.4 Å². The predicted molar refractivity (Wildman–Crippen MR) is 85.5 cm³/mol. The van der Waals surface area contributed by atoms with Gasteiger partial charge in [-0.2, -0.15) is 0 Å². The normalized spacial score (nSPS) is 20.3. The molecule has 1 aromatic carbocycles. The first kappa shape index (κ1) is 17.2. The van der Waals surface area contributed by atoms with Crippen molar-refractivity contribution in [3.8, 4) is 5.75 Å². The maximum absolute atomic E-state index is 12.3. The van der Waals surface area contributed by atoms with Crippen LogP contribution in [0.4, 0.5) is 5.69 Å². The molecule has 2 aliphatic rings. The molecule has 0 spiro atoms. The Morgan fingerprint density at radius 1 is 1.38 bits per heavy atom. The first-order valence-electron chi connectivity index (χ1n) is 7.80. The molecule has 24 heavy (non-hydrogen) atoms. The zero-order chi connectivity index (χ0) is 17.0. The minimum absolute atomic E-state index is 0.0613. The van der Waals surface area contributed by atoms with E-state index in [9.17, 15) is 13.2 Å². The highest BCUT2D eigenvalue weighted by Crippen LogP contribution is 2.29. The molecule has 3 rings (SSSR count). The number of rotatable bonds is 7. The van der Waals surface area contributed by atoms with Crippen LogP contribution in [0.2, 0.25) is 0 Å². The summed E-state index contributed by atoms with van der Waals surface area (Å²) in [6.07, 6.45) is 2.14. The van der Waals surface area contributed by atoms with E-state index < -0.39 is 10.0 Å². The van der Waals surface area contributed by atoms with Crippen LogP contribution in [0.1, 0.15) is 12.8 Å². The molecule has 0 aliphatic carbocycles. The number of hydrogen-bond acceptors (Lipinski definition) is 6. The van der Waals surface area contributed by atoms with Crippen molar-refractivity contribution in [2.75, 3.05) is 38.3 Å². The molecule has 8 nitrogen and oxygen atoms in total. The number of amides is 1. The van der Waals surface area contributed by atoms with E-state index in [0.717, 1.165) is 19.4 Å². The Labute approximate surface area is 140 Å². The van der Waals surface area contributed by atoms with Gasteiger partial charge in [0, 0.05) is 13.2 Å². The lowest BCUT2D eigenvalue weighted by Gasteiger charge is -2.18. The van der Waals surface area contributed by atoms with Crippen molar-refractivity contribution in [2.24, 2.45) is 0 Å². The molecule has 0 radical (unpaired) electrons. The fraction of sp³-hybridized carbons (Fsp3) is 0.533. The quantitative estimate of drug-likeness (QED) is 0.690. The minimum Gasteiger partial charge on any atom is -0.482 e. The third-order valence-electron chi connectivity index (χ3n) is 3.76. The maximum Gasteiger partial charge on any atom is 0.262 e. The Bertz CT molecular complexity index is 700. The third-order valence-corrected chi connectivity index (χ3v) is 5.22. The molecule has 0 bridgehead atoms. The summed E-state index contributed by atoms with van der Waals surface area (Å²) in [5, 5.41) is 2.59. The van der Waals surface area contributed by atoms with E-state index in [1.165, 1.54) is 18.2 Å². The smallest absolute Gasteiger partial charge is 0.262 e. The number of nitrogens with one attached hydrogen (secondary N) is 2. The van der Waals surface area contributed by atoms with Gasteiger partial charge in [-0.15, -0.1) is 0 Å². The summed E-state index contributed by atoms with van der Waals surface area (Å²) in [6, 6.07) is 4.34. The average molecular weight is 356 g/mol. The molecule has 0 aromatic heterocycles. The fourth-order valence-electron chi connectivity index (χ4n) is 2.55. The second-order valence-electron chi connectivity index (χ2n) is 5.60. The summed E-state index contributed by atoms with van der Waals surface area (Å²) < 4.78 is 43.1. The van der Waals surface area contributed by atoms with Gasteiger partial charge in [0.05, 0.1) is 29.9 Å². The summed E-state index contributed by atoms with van der Waals surface area (Å²) in [5.74, 6) is 0.140. The number of ether oxygens (including phenoxy) is 3. The van der Waals surface area contributed by atoms with Crippen molar-refractivity contribution in [1.29, 1.82) is 0 Å². The Hall–Kier alpha value is -1.68. The number of carbonyl (C=O) groups is 1. The van der Waals surface area contributed by atoms with E-state index in [4.69, 9.17) is 14.2 Å².